The Kier molecular flexibility index (Phi) is 4.35. The molecule has 0 aromatic heterocycles. The van der Waals surface area contributed by atoms with Crippen molar-refractivity contribution in [1.29, 1.82) is 0 Å². The number of ketones is 1. The second-order valence-electron chi connectivity index (χ2n) is 4.33. The predicted octanol–water partition coefficient (Wildman–Crippen LogP) is 3.40. The van der Waals surface area contributed by atoms with E-state index in [1.54, 1.807) is 50.4 Å². The van der Waals surface area contributed by atoms with Gasteiger partial charge in [-0.15, -0.1) is 0 Å². The number of hydrogen-bond acceptors (Lipinski definition) is 3. The maximum absolute atomic E-state index is 13.7. The number of aryl methyl sites for hydroxylation is 1. The molecule has 2 aromatic carbocycles. The second kappa shape index (κ2) is 6.19. The quantitative estimate of drug-likeness (QED) is 0.784. The van der Waals surface area contributed by atoms with E-state index in [1.807, 2.05) is 0 Å². The molecule has 0 fully saturated rings. The van der Waals surface area contributed by atoms with Crippen molar-refractivity contribution in [2.45, 2.75) is 6.92 Å². The second-order valence-corrected chi connectivity index (χ2v) is 4.33. The summed E-state index contributed by atoms with van der Waals surface area (Å²) in [6, 6.07) is 11.5. The Balaban J connectivity index is 2.02. The molecule has 20 heavy (non-hydrogen) atoms. The Morgan fingerprint density at radius 3 is 2.50 bits per heavy atom. The number of carbonyl (C=O) groups excluding carboxylic acids is 1. The molecule has 0 spiro atoms. The van der Waals surface area contributed by atoms with Crippen molar-refractivity contribution in [3.8, 4) is 11.5 Å². The van der Waals surface area contributed by atoms with Crippen LogP contribution in [-0.2, 0) is 0 Å². The van der Waals surface area contributed by atoms with Crippen LogP contribution in [-0.4, -0.2) is 19.5 Å². The molecule has 0 saturated heterocycles. The van der Waals surface area contributed by atoms with Crippen molar-refractivity contribution in [2.24, 2.45) is 0 Å². The number of halogens is 1. The SMILES string of the molecule is COc1ccc(C(=O)COc2cccc(C)c2F)cc1. The minimum atomic E-state index is -0.435. The lowest BCUT2D eigenvalue weighted by Crippen LogP contribution is -2.12. The number of rotatable bonds is 5. The molecule has 0 aliphatic heterocycles. The van der Waals surface area contributed by atoms with Gasteiger partial charge >= 0.3 is 0 Å². The average Bonchev–Trinajstić information content (AvgIpc) is 2.48. The summed E-state index contributed by atoms with van der Waals surface area (Å²) in [5, 5.41) is 0. The summed E-state index contributed by atoms with van der Waals surface area (Å²) in [4.78, 5) is 11.9. The summed E-state index contributed by atoms with van der Waals surface area (Å²) in [5.41, 5.74) is 0.984. The lowest BCUT2D eigenvalue weighted by Gasteiger charge is -2.08. The van der Waals surface area contributed by atoms with Crippen molar-refractivity contribution in [3.63, 3.8) is 0 Å². The molecule has 0 bridgehead atoms. The summed E-state index contributed by atoms with van der Waals surface area (Å²) < 4.78 is 23.9. The molecule has 0 saturated carbocycles. The molecule has 0 radical (unpaired) electrons. The van der Waals surface area contributed by atoms with Gasteiger partial charge in [-0.2, -0.15) is 0 Å². The molecule has 0 aliphatic rings. The van der Waals surface area contributed by atoms with Crippen LogP contribution < -0.4 is 9.47 Å². The lowest BCUT2D eigenvalue weighted by molar-refractivity contribution is 0.0918. The Labute approximate surface area is 117 Å². The first kappa shape index (κ1) is 14.1. The van der Waals surface area contributed by atoms with Crippen LogP contribution >= 0.6 is 0 Å². The number of hydrogen-bond donors (Lipinski definition) is 0. The summed E-state index contributed by atoms with van der Waals surface area (Å²) in [6.07, 6.45) is 0. The highest BCUT2D eigenvalue weighted by molar-refractivity contribution is 5.97. The highest BCUT2D eigenvalue weighted by Gasteiger charge is 2.10. The summed E-state index contributed by atoms with van der Waals surface area (Å²) in [6.45, 7) is 1.44. The van der Waals surface area contributed by atoms with Crippen LogP contribution in [0.2, 0.25) is 0 Å². The van der Waals surface area contributed by atoms with Crippen LogP contribution in [0, 0.1) is 12.7 Å². The third kappa shape index (κ3) is 3.15. The summed E-state index contributed by atoms with van der Waals surface area (Å²) in [5.74, 6) is 0.114. The Bertz CT molecular complexity index is 606. The molecule has 0 atom stereocenters. The van der Waals surface area contributed by atoms with Gasteiger partial charge in [-0.1, -0.05) is 12.1 Å². The van der Waals surface area contributed by atoms with Crippen molar-refractivity contribution >= 4 is 5.78 Å². The average molecular weight is 274 g/mol. The molecular formula is C16H15FO3. The third-order valence-electron chi connectivity index (χ3n) is 2.93. The van der Waals surface area contributed by atoms with E-state index >= 15 is 0 Å². The van der Waals surface area contributed by atoms with E-state index in [9.17, 15) is 9.18 Å². The Hall–Kier alpha value is -2.36. The Morgan fingerprint density at radius 1 is 1.15 bits per heavy atom. The first-order valence-corrected chi connectivity index (χ1v) is 6.17. The molecule has 0 aliphatic carbocycles. The van der Waals surface area contributed by atoms with Gasteiger partial charge in [0.15, 0.2) is 24.0 Å². The van der Waals surface area contributed by atoms with Crippen molar-refractivity contribution in [2.75, 3.05) is 13.7 Å². The molecule has 0 unspecified atom stereocenters. The van der Waals surface area contributed by atoms with Crippen LogP contribution in [0.25, 0.3) is 0 Å². The van der Waals surface area contributed by atoms with Gasteiger partial charge in [0.2, 0.25) is 0 Å². The van der Waals surface area contributed by atoms with Gasteiger partial charge in [0.1, 0.15) is 5.75 Å². The predicted molar refractivity (Wildman–Crippen MR) is 74.0 cm³/mol. The highest BCUT2D eigenvalue weighted by atomic mass is 19.1. The van der Waals surface area contributed by atoms with E-state index < -0.39 is 5.82 Å². The van der Waals surface area contributed by atoms with Gasteiger partial charge in [-0.05, 0) is 42.8 Å². The molecule has 4 heteroatoms. The van der Waals surface area contributed by atoms with Crippen molar-refractivity contribution in [1.82, 2.24) is 0 Å². The minimum absolute atomic E-state index is 0.0897. The lowest BCUT2D eigenvalue weighted by atomic mass is 10.1. The maximum atomic E-state index is 13.7. The van der Waals surface area contributed by atoms with Gasteiger partial charge in [-0.3, -0.25) is 4.79 Å². The van der Waals surface area contributed by atoms with E-state index in [0.29, 0.717) is 16.9 Å². The number of ether oxygens (including phenoxy) is 2. The number of carbonyl (C=O) groups is 1. The van der Waals surface area contributed by atoms with E-state index in [2.05, 4.69) is 0 Å². The molecule has 2 rings (SSSR count). The van der Waals surface area contributed by atoms with Gasteiger partial charge in [0.25, 0.3) is 0 Å². The van der Waals surface area contributed by atoms with Gasteiger partial charge < -0.3 is 9.47 Å². The molecule has 0 N–H and O–H groups in total. The topological polar surface area (TPSA) is 35.5 Å². The number of methoxy groups -OCH3 is 1. The standard InChI is InChI=1S/C16H15FO3/c1-11-4-3-5-15(16(11)17)20-10-14(18)12-6-8-13(19-2)9-7-12/h3-9H,10H2,1-2H3. The van der Waals surface area contributed by atoms with E-state index in [1.165, 1.54) is 6.07 Å². The first-order valence-electron chi connectivity index (χ1n) is 6.17. The molecule has 0 amide bonds. The first-order chi connectivity index (χ1) is 9.61. The fourth-order valence-corrected chi connectivity index (χ4v) is 1.74. The Morgan fingerprint density at radius 2 is 1.85 bits per heavy atom. The van der Waals surface area contributed by atoms with Crippen molar-refractivity contribution in [3.05, 3.63) is 59.4 Å². The summed E-state index contributed by atoms with van der Waals surface area (Å²) >= 11 is 0. The zero-order valence-corrected chi connectivity index (χ0v) is 11.4. The van der Waals surface area contributed by atoms with Gasteiger partial charge in [0, 0.05) is 5.56 Å². The maximum Gasteiger partial charge on any atom is 0.200 e. The fourth-order valence-electron chi connectivity index (χ4n) is 1.74. The third-order valence-corrected chi connectivity index (χ3v) is 2.93. The van der Waals surface area contributed by atoms with E-state index in [-0.39, 0.29) is 18.1 Å². The monoisotopic (exact) mass is 274 g/mol. The van der Waals surface area contributed by atoms with Crippen LogP contribution in [0.5, 0.6) is 11.5 Å². The molecule has 2 aromatic rings. The van der Waals surface area contributed by atoms with Crippen LogP contribution in [0.15, 0.2) is 42.5 Å². The summed E-state index contributed by atoms with van der Waals surface area (Å²) in [7, 11) is 1.56. The zero-order chi connectivity index (χ0) is 14.5. The molecule has 3 nitrogen and oxygen atoms in total. The largest absolute Gasteiger partial charge is 0.497 e. The van der Waals surface area contributed by atoms with Crippen LogP contribution in [0.4, 0.5) is 4.39 Å². The van der Waals surface area contributed by atoms with E-state index in [4.69, 9.17) is 9.47 Å². The smallest absolute Gasteiger partial charge is 0.200 e. The normalized spacial score (nSPS) is 10.2. The molecular weight excluding hydrogens is 259 g/mol. The fraction of sp³-hybridized carbons (Fsp3) is 0.188. The van der Waals surface area contributed by atoms with Gasteiger partial charge in [0.05, 0.1) is 7.11 Å². The molecule has 0 heterocycles. The molecule has 104 valence electrons. The number of Topliss-reactive ketones (excluding diaryl/α,β-unsaturated/α-hetero) is 1. The van der Waals surface area contributed by atoms with Crippen LogP contribution in [0.3, 0.4) is 0 Å². The highest BCUT2D eigenvalue weighted by Crippen LogP contribution is 2.20. The van der Waals surface area contributed by atoms with E-state index in [0.717, 1.165) is 0 Å². The van der Waals surface area contributed by atoms with Crippen molar-refractivity contribution < 1.29 is 18.7 Å². The number of benzene rings is 2. The van der Waals surface area contributed by atoms with Crippen LogP contribution in [0.1, 0.15) is 15.9 Å². The minimum Gasteiger partial charge on any atom is -0.497 e. The zero-order valence-electron chi connectivity index (χ0n) is 11.4. The van der Waals surface area contributed by atoms with Gasteiger partial charge in [-0.25, -0.2) is 4.39 Å².